The molecule has 0 aliphatic rings. The van der Waals surface area contributed by atoms with E-state index >= 15 is 0 Å². The quantitative estimate of drug-likeness (QED) is 0.680. The number of pyridine rings is 2. The van der Waals surface area contributed by atoms with E-state index in [1.165, 1.54) is 5.56 Å². The van der Waals surface area contributed by atoms with Gasteiger partial charge in [0.25, 0.3) is 5.91 Å². The van der Waals surface area contributed by atoms with E-state index in [1.54, 1.807) is 42.6 Å². The fraction of sp³-hybridized carbons (Fsp3) is 0.150. The first kappa shape index (κ1) is 17.9. The van der Waals surface area contributed by atoms with Crippen molar-refractivity contribution in [3.8, 4) is 0 Å². The molecule has 0 saturated carbocycles. The molecule has 0 bridgehead atoms. The normalized spacial score (nSPS) is 10.4. The van der Waals surface area contributed by atoms with Crippen LogP contribution in [-0.4, -0.2) is 22.4 Å². The van der Waals surface area contributed by atoms with Crippen molar-refractivity contribution < 1.29 is 4.79 Å². The van der Waals surface area contributed by atoms with Crippen LogP contribution in [0.5, 0.6) is 0 Å². The fourth-order valence-electron chi connectivity index (χ4n) is 2.38. The van der Waals surface area contributed by atoms with Gasteiger partial charge in [-0.3, -0.25) is 9.78 Å². The summed E-state index contributed by atoms with van der Waals surface area (Å²) < 4.78 is 0. The summed E-state index contributed by atoms with van der Waals surface area (Å²) in [6.07, 6.45) is 4.29. The Morgan fingerprint density at radius 3 is 2.65 bits per heavy atom. The second kappa shape index (κ2) is 8.45. The van der Waals surface area contributed by atoms with E-state index in [1.807, 2.05) is 19.2 Å². The second-order valence-electron chi connectivity index (χ2n) is 5.88. The van der Waals surface area contributed by atoms with Crippen LogP contribution < -0.4 is 10.6 Å². The molecule has 5 nitrogen and oxygen atoms in total. The molecule has 3 aromatic rings. The molecular weight excluding hydrogens is 348 g/mol. The van der Waals surface area contributed by atoms with Gasteiger partial charge in [0, 0.05) is 35.3 Å². The van der Waals surface area contributed by atoms with Crippen LogP contribution in [0.4, 0.5) is 11.5 Å². The third-order valence-corrected chi connectivity index (χ3v) is 4.04. The number of carbonyl (C=O) groups is 1. The summed E-state index contributed by atoms with van der Waals surface area (Å²) in [5.41, 5.74) is 3.31. The number of anilines is 2. The first-order valence-electron chi connectivity index (χ1n) is 8.28. The number of hydrogen-bond donors (Lipinski definition) is 2. The molecular formula is C20H19ClN4O. The summed E-state index contributed by atoms with van der Waals surface area (Å²) in [4.78, 5) is 20.8. The standard InChI is InChI=1S/C20H19ClN4O/c1-14-5-6-15(12-23-14)9-10-22-19-8-7-16(13-24-19)20(26)25-18-4-2-3-17(21)11-18/h2-8,11-13H,9-10H2,1H3,(H,22,24)(H,25,26). The van der Waals surface area contributed by atoms with Crippen LogP contribution in [0.15, 0.2) is 60.9 Å². The zero-order valence-electron chi connectivity index (χ0n) is 14.4. The SMILES string of the molecule is Cc1ccc(CCNc2ccc(C(=O)Nc3cccc(Cl)c3)cn2)cn1. The monoisotopic (exact) mass is 366 g/mol. The van der Waals surface area contributed by atoms with Gasteiger partial charge in [-0.15, -0.1) is 0 Å². The molecule has 0 radical (unpaired) electrons. The lowest BCUT2D eigenvalue weighted by molar-refractivity contribution is 0.102. The fourth-order valence-corrected chi connectivity index (χ4v) is 2.57. The molecule has 0 aliphatic carbocycles. The van der Waals surface area contributed by atoms with Gasteiger partial charge in [0.2, 0.25) is 0 Å². The van der Waals surface area contributed by atoms with E-state index in [4.69, 9.17) is 11.6 Å². The number of benzene rings is 1. The molecule has 26 heavy (non-hydrogen) atoms. The van der Waals surface area contributed by atoms with Crippen molar-refractivity contribution in [2.24, 2.45) is 0 Å². The average Bonchev–Trinajstić information content (AvgIpc) is 2.64. The molecule has 6 heteroatoms. The lowest BCUT2D eigenvalue weighted by atomic mass is 10.2. The van der Waals surface area contributed by atoms with Crippen molar-refractivity contribution in [2.75, 3.05) is 17.2 Å². The van der Waals surface area contributed by atoms with Gasteiger partial charge in [-0.1, -0.05) is 23.7 Å². The van der Waals surface area contributed by atoms with E-state index in [0.29, 0.717) is 16.3 Å². The number of aryl methyl sites for hydroxylation is 1. The Labute approximate surface area is 157 Å². The molecule has 132 valence electrons. The topological polar surface area (TPSA) is 66.9 Å². The number of halogens is 1. The molecule has 0 unspecified atom stereocenters. The summed E-state index contributed by atoms with van der Waals surface area (Å²) in [6.45, 7) is 2.71. The number of aromatic nitrogens is 2. The highest BCUT2D eigenvalue weighted by Crippen LogP contribution is 2.16. The predicted molar refractivity (Wildman–Crippen MR) is 105 cm³/mol. The Morgan fingerprint density at radius 1 is 1.08 bits per heavy atom. The smallest absolute Gasteiger partial charge is 0.257 e. The van der Waals surface area contributed by atoms with Crippen LogP contribution in [0.3, 0.4) is 0 Å². The maximum atomic E-state index is 12.2. The molecule has 2 N–H and O–H groups in total. The van der Waals surface area contributed by atoms with Crippen molar-refractivity contribution in [1.29, 1.82) is 0 Å². The molecule has 1 aromatic carbocycles. The molecule has 0 fully saturated rings. The van der Waals surface area contributed by atoms with Crippen molar-refractivity contribution in [3.05, 3.63) is 82.8 Å². The van der Waals surface area contributed by atoms with Crippen LogP contribution in [0.1, 0.15) is 21.6 Å². The first-order chi connectivity index (χ1) is 12.6. The van der Waals surface area contributed by atoms with Crippen LogP contribution in [0.2, 0.25) is 5.02 Å². The summed E-state index contributed by atoms with van der Waals surface area (Å²) in [6, 6.07) is 14.6. The number of rotatable bonds is 6. The molecule has 0 atom stereocenters. The maximum absolute atomic E-state index is 12.2. The minimum Gasteiger partial charge on any atom is -0.370 e. The number of nitrogens with one attached hydrogen (secondary N) is 2. The summed E-state index contributed by atoms with van der Waals surface area (Å²) in [7, 11) is 0. The second-order valence-corrected chi connectivity index (χ2v) is 6.32. The summed E-state index contributed by atoms with van der Waals surface area (Å²) >= 11 is 5.92. The van der Waals surface area contributed by atoms with Crippen molar-refractivity contribution in [3.63, 3.8) is 0 Å². The van der Waals surface area contributed by atoms with Gasteiger partial charge in [0.05, 0.1) is 5.56 Å². The Kier molecular flexibility index (Phi) is 5.81. The molecule has 0 aliphatic heterocycles. The Bertz CT molecular complexity index is 879. The van der Waals surface area contributed by atoms with E-state index in [2.05, 4.69) is 26.7 Å². The number of nitrogens with zero attached hydrogens (tertiary/aromatic N) is 2. The third-order valence-electron chi connectivity index (χ3n) is 3.80. The molecule has 2 aromatic heterocycles. The minimum absolute atomic E-state index is 0.225. The average molecular weight is 367 g/mol. The largest absolute Gasteiger partial charge is 0.370 e. The van der Waals surface area contributed by atoms with Crippen LogP contribution in [0, 0.1) is 6.92 Å². The van der Waals surface area contributed by atoms with E-state index in [-0.39, 0.29) is 5.91 Å². The predicted octanol–water partition coefficient (Wildman–Crippen LogP) is 4.35. The highest BCUT2D eigenvalue weighted by Gasteiger charge is 2.07. The maximum Gasteiger partial charge on any atom is 0.257 e. The number of amides is 1. The number of carbonyl (C=O) groups excluding carboxylic acids is 1. The Morgan fingerprint density at radius 2 is 1.96 bits per heavy atom. The highest BCUT2D eigenvalue weighted by atomic mass is 35.5. The van der Waals surface area contributed by atoms with Gasteiger partial charge in [-0.25, -0.2) is 4.98 Å². The van der Waals surface area contributed by atoms with Gasteiger partial charge in [0.15, 0.2) is 0 Å². The Balaban J connectivity index is 1.52. The molecule has 0 saturated heterocycles. The van der Waals surface area contributed by atoms with Gasteiger partial charge in [-0.2, -0.15) is 0 Å². The first-order valence-corrected chi connectivity index (χ1v) is 8.66. The van der Waals surface area contributed by atoms with Crippen LogP contribution in [0.25, 0.3) is 0 Å². The van der Waals surface area contributed by atoms with Gasteiger partial charge in [0.1, 0.15) is 5.82 Å². The zero-order chi connectivity index (χ0) is 18.4. The number of hydrogen-bond acceptors (Lipinski definition) is 4. The zero-order valence-corrected chi connectivity index (χ0v) is 15.1. The van der Waals surface area contributed by atoms with Crippen LogP contribution >= 0.6 is 11.6 Å². The Hall–Kier alpha value is -2.92. The van der Waals surface area contributed by atoms with Gasteiger partial charge < -0.3 is 10.6 Å². The van der Waals surface area contributed by atoms with Gasteiger partial charge in [-0.05, 0) is 55.3 Å². The lowest BCUT2D eigenvalue weighted by Crippen LogP contribution is -2.13. The van der Waals surface area contributed by atoms with E-state index in [9.17, 15) is 4.79 Å². The molecule has 2 heterocycles. The van der Waals surface area contributed by atoms with E-state index in [0.717, 1.165) is 24.5 Å². The third kappa shape index (κ3) is 5.04. The van der Waals surface area contributed by atoms with Crippen molar-refractivity contribution >= 4 is 29.0 Å². The van der Waals surface area contributed by atoms with Gasteiger partial charge >= 0.3 is 0 Å². The lowest BCUT2D eigenvalue weighted by Gasteiger charge is -2.08. The van der Waals surface area contributed by atoms with E-state index < -0.39 is 0 Å². The highest BCUT2D eigenvalue weighted by molar-refractivity contribution is 6.30. The molecule has 1 amide bonds. The van der Waals surface area contributed by atoms with Crippen molar-refractivity contribution in [1.82, 2.24) is 9.97 Å². The molecule has 0 spiro atoms. The van der Waals surface area contributed by atoms with Crippen LogP contribution in [-0.2, 0) is 6.42 Å². The summed E-state index contributed by atoms with van der Waals surface area (Å²) in [5.74, 6) is 0.501. The van der Waals surface area contributed by atoms with Crippen molar-refractivity contribution in [2.45, 2.75) is 13.3 Å². The minimum atomic E-state index is -0.225. The molecule has 3 rings (SSSR count). The summed E-state index contributed by atoms with van der Waals surface area (Å²) in [5, 5.41) is 6.61.